The largest absolute Gasteiger partial charge is 0.340 e. The first-order chi connectivity index (χ1) is 13.4. The molecular formula is C22H32N4O2. The van der Waals surface area contributed by atoms with Crippen LogP contribution in [-0.4, -0.2) is 51.0 Å². The standard InChI is InChI=1S/C22H32N4O2/c1-24(13-18-12-23-25(2)14-18)20(27)19-4-3-5-26(19)21(28)22-9-15-6-16(10-22)8-17(7-15)11-22/h12,14-17,19H,3-11,13H2,1-2H3. The van der Waals surface area contributed by atoms with Gasteiger partial charge in [-0.2, -0.15) is 5.10 Å². The minimum Gasteiger partial charge on any atom is -0.340 e. The Labute approximate surface area is 167 Å². The molecule has 2 heterocycles. The van der Waals surface area contributed by atoms with Gasteiger partial charge in [-0.25, -0.2) is 0 Å². The quantitative estimate of drug-likeness (QED) is 0.802. The maximum atomic E-state index is 13.7. The van der Waals surface area contributed by atoms with Gasteiger partial charge in [-0.15, -0.1) is 0 Å². The van der Waals surface area contributed by atoms with E-state index in [0.29, 0.717) is 12.5 Å². The maximum absolute atomic E-state index is 13.7. The number of aromatic nitrogens is 2. The molecule has 1 aromatic heterocycles. The number of hydrogen-bond acceptors (Lipinski definition) is 3. The van der Waals surface area contributed by atoms with Crippen LogP contribution in [-0.2, 0) is 23.2 Å². The second kappa shape index (κ2) is 6.60. The van der Waals surface area contributed by atoms with Gasteiger partial charge in [-0.1, -0.05) is 0 Å². The molecule has 28 heavy (non-hydrogen) atoms. The third-order valence-corrected chi connectivity index (χ3v) is 7.84. The van der Waals surface area contributed by atoms with E-state index in [4.69, 9.17) is 0 Å². The molecule has 6 heteroatoms. The van der Waals surface area contributed by atoms with Crippen molar-refractivity contribution in [3.63, 3.8) is 0 Å². The van der Waals surface area contributed by atoms with Crippen LogP contribution >= 0.6 is 0 Å². The van der Waals surface area contributed by atoms with Gasteiger partial charge in [0.2, 0.25) is 11.8 Å². The van der Waals surface area contributed by atoms with Gasteiger partial charge >= 0.3 is 0 Å². The van der Waals surface area contributed by atoms with Gasteiger partial charge in [0, 0.05) is 38.9 Å². The Bertz CT molecular complexity index is 750. The Morgan fingerprint density at radius 1 is 1.18 bits per heavy atom. The van der Waals surface area contributed by atoms with Crippen LogP contribution in [0.25, 0.3) is 0 Å². The van der Waals surface area contributed by atoms with Crippen LogP contribution in [0.3, 0.4) is 0 Å². The Hall–Kier alpha value is -1.85. The van der Waals surface area contributed by atoms with Crippen molar-refractivity contribution < 1.29 is 9.59 Å². The molecule has 2 amide bonds. The van der Waals surface area contributed by atoms with Crippen LogP contribution in [0, 0.1) is 23.2 Å². The molecule has 6 nitrogen and oxygen atoms in total. The van der Waals surface area contributed by atoms with Gasteiger partial charge in [0.25, 0.3) is 0 Å². The van der Waals surface area contributed by atoms with Crippen LogP contribution in [0.15, 0.2) is 12.4 Å². The molecule has 1 aromatic rings. The number of carbonyl (C=O) groups excluding carboxylic acids is 2. The van der Waals surface area contributed by atoms with Crippen molar-refractivity contribution in [1.82, 2.24) is 19.6 Å². The zero-order valence-corrected chi connectivity index (χ0v) is 17.1. The highest BCUT2D eigenvalue weighted by atomic mass is 16.2. The van der Waals surface area contributed by atoms with Crippen molar-refractivity contribution in [3.8, 4) is 0 Å². The fraction of sp³-hybridized carbons (Fsp3) is 0.773. The minimum atomic E-state index is -0.276. The van der Waals surface area contributed by atoms with E-state index in [2.05, 4.69) is 5.10 Å². The zero-order chi connectivity index (χ0) is 19.5. The number of hydrogen-bond donors (Lipinski definition) is 0. The van der Waals surface area contributed by atoms with E-state index >= 15 is 0 Å². The number of aryl methyl sites for hydroxylation is 1. The molecular weight excluding hydrogens is 352 g/mol. The normalized spacial score (nSPS) is 36.1. The predicted octanol–water partition coefficient (Wildman–Crippen LogP) is 2.59. The fourth-order valence-corrected chi connectivity index (χ4v) is 7.10. The average molecular weight is 385 g/mol. The lowest BCUT2D eigenvalue weighted by molar-refractivity contribution is -0.161. The van der Waals surface area contributed by atoms with Crippen LogP contribution in [0.4, 0.5) is 0 Å². The average Bonchev–Trinajstić information content (AvgIpc) is 3.28. The predicted molar refractivity (Wildman–Crippen MR) is 105 cm³/mol. The Kier molecular flexibility index (Phi) is 4.29. The Balaban J connectivity index is 1.31. The third kappa shape index (κ3) is 2.96. The van der Waals surface area contributed by atoms with Crippen molar-refractivity contribution >= 4 is 11.8 Å². The molecule has 1 aliphatic heterocycles. The van der Waals surface area contributed by atoms with Crippen molar-refractivity contribution in [3.05, 3.63) is 18.0 Å². The minimum absolute atomic E-state index is 0.0828. The van der Waals surface area contributed by atoms with Crippen LogP contribution in [0.1, 0.15) is 56.9 Å². The molecule has 4 saturated carbocycles. The van der Waals surface area contributed by atoms with Crippen molar-refractivity contribution in [1.29, 1.82) is 0 Å². The molecule has 6 rings (SSSR count). The molecule has 4 aliphatic carbocycles. The van der Waals surface area contributed by atoms with E-state index in [0.717, 1.165) is 62.0 Å². The van der Waals surface area contributed by atoms with Gasteiger partial charge < -0.3 is 9.80 Å². The SMILES string of the molecule is CN(Cc1cnn(C)c1)C(=O)C1CCCN1C(=O)C12CC3CC(CC(C3)C1)C2. The number of amides is 2. The topological polar surface area (TPSA) is 58.4 Å². The fourth-order valence-electron chi connectivity index (χ4n) is 7.10. The van der Waals surface area contributed by atoms with Gasteiger partial charge in [0.05, 0.1) is 11.6 Å². The molecule has 5 fully saturated rings. The monoisotopic (exact) mass is 384 g/mol. The highest BCUT2D eigenvalue weighted by Gasteiger charge is 2.56. The summed E-state index contributed by atoms with van der Waals surface area (Å²) in [5.74, 6) is 2.64. The Morgan fingerprint density at radius 3 is 2.39 bits per heavy atom. The van der Waals surface area contributed by atoms with E-state index in [1.165, 1.54) is 19.3 Å². The van der Waals surface area contributed by atoms with E-state index in [1.807, 2.05) is 25.2 Å². The summed E-state index contributed by atoms with van der Waals surface area (Å²) in [7, 11) is 3.73. The van der Waals surface area contributed by atoms with Crippen molar-refractivity contribution in [2.45, 2.75) is 64.0 Å². The number of likely N-dealkylation sites (N-methyl/N-ethyl adjacent to an activating group) is 1. The number of rotatable bonds is 4. The summed E-state index contributed by atoms with van der Waals surface area (Å²) in [4.78, 5) is 30.7. The maximum Gasteiger partial charge on any atom is 0.245 e. The zero-order valence-electron chi connectivity index (χ0n) is 17.1. The lowest BCUT2D eigenvalue weighted by Gasteiger charge is -2.56. The van der Waals surface area contributed by atoms with E-state index in [9.17, 15) is 9.59 Å². The Morgan fingerprint density at radius 2 is 1.82 bits per heavy atom. The summed E-state index contributed by atoms with van der Waals surface area (Å²) >= 11 is 0. The van der Waals surface area contributed by atoms with Gasteiger partial charge in [0.1, 0.15) is 6.04 Å². The smallest absolute Gasteiger partial charge is 0.245 e. The van der Waals surface area contributed by atoms with Gasteiger partial charge in [-0.05, 0) is 69.1 Å². The van der Waals surface area contributed by atoms with Gasteiger partial charge in [0.15, 0.2) is 0 Å². The molecule has 1 unspecified atom stereocenters. The third-order valence-electron chi connectivity index (χ3n) is 7.84. The number of likely N-dealkylation sites (tertiary alicyclic amines) is 1. The summed E-state index contributed by atoms with van der Waals surface area (Å²) < 4.78 is 1.76. The van der Waals surface area contributed by atoms with E-state index in [-0.39, 0.29) is 17.4 Å². The highest BCUT2D eigenvalue weighted by molar-refractivity contribution is 5.91. The first-order valence-electron chi connectivity index (χ1n) is 11.0. The molecule has 1 saturated heterocycles. The molecule has 4 bridgehead atoms. The second-order valence-corrected chi connectivity index (χ2v) is 10.1. The van der Waals surface area contributed by atoms with E-state index in [1.54, 1.807) is 15.8 Å². The number of carbonyl (C=O) groups is 2. The van der Waals surface area contributed by atoms with Gasteiger partial charge in [-0.3, -0.25) is 14.3 Å². The molecule has 0 spiro atoms. The molecule has 152 valence electrons. The van der Waals surface area contributed by atoms with Crippen molar-refractivity contribution in [2.24, 2.45) is 30.2 Å². The van der Waals surface area contributed by atoms with Crippen molar-refractivity contribution in [2.75, 3.05) is 13.6 Å². The van der Waals surface area contributed by atoms with Crippen LogP contribution < -0.4 is 0 Å². The summed E-state index contributed by atoms with van der Waals surface area (Å²) in [6.45, 7) is 1.29. The lowest BCUT2D eigenvalue weighted by Crippen LogP contribution is -2.57. The lowest BCUT2D eigenvalue weighted by atomic mass is 9.49. The molecule has 5 aliphatic rings. The first-order valence-corrected chi connectivity index (χ1v) is 11.0. The second-order valence-electron chi connectivity index (χ2n) is 10.1. The number of nitrogens with zero attached hydrogens (tertiary/aromatic N) is 4. The summed E-state index contributed by atoms with van der Waals surface area (Å²) in [5, 5.41) is 4.19. The summed E-state index contributed by atoms with van der Waals surface area (Å²) in [6.07, 6.45) is 12.7. The molecule has 0 radical (unpaired) electrons. The summed E-state index contributed by atoms with van der Waals surface area (Å²) in [6, 6.07) is -0.276. The molecule has 0 aromatic carbocycles. The van der Waals surface area contributed by atoms with E-state index < -0.39 is 0 Å². The van der Waals surface area contributed by atoms with Crippen LogP contribution in [0.5, 0.6) is 0 Å². The summed E-state index contributed by atoms with van der Waals surface area (Å²) in [5.41, 5.74) is 0.870. The molecule has 1 atom stereocenters. The molecule has 0 N–H and O–H groups in total. The highest BCUT2D eigenvalue weighted by Crippen LogP contribution is 2.60. The first kappa shape index (κ1) is 18.2. The van der Waals surface area contributed by atoms with Crippen LogP contribution in [0.2, 0.25) is 0 Å².